The third-order valence-electron chi connectivity index (χ3n) is 1.13. The first-order valence-electron chi connectivity index (χ1n) is 6.61. The SMILES string of the molecule is [2H]c1c([2H])c([2H])c(NC(=O)OC(C)(C)C)c([2H])c1[2H]. The monoisotopic (exact) mass is 198 g/mol. The molecule has 0 atom stereocenters. The lowest BCUT2D eigenvalue weighted by atomic mass is 10.2. The standard InChI is InChI=1S/C11H15NO2/c1-11(2,3)14-10(13)12-9-7-5-4-6-8-9/h4-8H,1-3H3,(H,12,13)/i4D,5D,6D,7D,8D. The Morgan fingerprint density at radius 1 is 1.36 bits per heavy atom. The van der Waals surface area contributed by atoms with Gasteiger partial charge in [-0.25, -0.2) is 4.79 Å². The fourth-order valence-electron chi connectivity index (χ4n) is 0.718. The average Bonchev–Trinajstić information content (AvgIpc) is 2.27. The van der Waals surface area contributed by atoms with E-state index in [0.29, 0.717) is 0 Å². The summed E-state index contributed by atoms with van der Waals surface area (Å²) in [5, 5.41) is 2.18. The minimum atomic E-state index is -0.869. The number of amides is 1. The summed E-state index contributed by atoms with van der Waals surface area (Å²) in [5.74, 6) is 0. The van der Waals surface area contributed by atoms with Crippen LogP contribution in [0.3, 0.4) is 0 Å². The molecular weight excluding hydrogens is 178 g/mol. The third-order valence-corrected chi connectivity index (χ3v) is 1.13. The minimum absolute atomic E-state index is 0.291. The van der Waals surface area contributed by atoms with Crippen LogP contribution in [-0.4, -0.2) is 11.7 Å². The quantitative estimate of drug-likeness (QED) is 0.753. The molecule has 1 N–H and O–H groups in total. The number of ether oxygens (including phenoxy) is 1. The molecule has 0 aromatic heterocycles. The van der Waals surface area contributed by atoms with E-state index in [9.17, 15) is 4.79 Å². The molecule has 1 rings (SSSR count). The van der Waals surface area contributed by atoms with Gasteiger partial charge in [0.25, 0.3) is 0 Å². The predicted molar refractivity (Wildman–Crippen MR) is 56.3 cm³/mol. The van der Waals surface area contributed by atoms with E-state index in [1.54, 1.807) is 20.8 Å². The van der Waals surface area contributed by atoms with E-state index >= 15 is 0 Å². The van der Waals surface area contributed by atoms with Crippen LogP contribution in [0.5, 0.6) is 0 Å². The smallest absolute Gasteiger partial charge is 0.412 e. The molecule has 76 valence electrons. The summed E-state index contributed by atoms with van der Waals surface area (Å²) >= 11 is 0. The van der Waals surface area contributed by atoms with Gasteiger partial charge in [0.05, 0.1) is 6.85 Å². The van der Waals surface area contributed by atoms with Crippen LogP contribution in [0.1, 0.15) is 27.6 Å². The zero-order valence-electron chi connectivity index (χ0n) is 13.3. The van der Waals surface area contributed by atoms with Crippen molar-refractivity contribution in [2.24, 2.45) is 0 Å². The highest BCUT2D eigenvalue weighted by Crippen LogP contribution is 2.10. The molecule has 1 aromatic rings. The highest BCUT2D eigenvalue weighted by Gasteiger charge is 2.15. The van der Waals surface area contributed by atoms with Gasteiger partial charge in [-0.3, -0.25) is 5.32 Å². The van der Waals surface area contributed by atoms with E-state index in [2.05, 4.69) is 5.32 Å². The lowest BCUT2D eigenvalue weighted by Crippen LogP contribution is -2.27. The van der Waals surface area contributed by atoms with Crippen molar-refractivity contribution in [1.29, 1.82) is 0 Å². The summed E-state index contributed by atoms with van der Waals surface area (Å²) in [6.45, 7) is 4.98. The minimum Gasteiger partial charge on any atom is -0.444 e. The maximum atomic E-state index is 11.6. The van der Waals surface area contributed by atoms with Crippen LogP contribution in [0.4, 0.5) is 10.5 Å². The summed E-state index contributed by atoms with van der Waals surface area (Å²) in [5.41, 5.74) is -1.03. The Morgan fingerprint density at radius 2 is 1.93 bits per heavy atom. The van der Waals surface area contributed by atoms with Crippen LogP contribution in [0.25, 0.3) is 0 Å². The number of nitrogens with one attached hydrogen (secondary N) is 1. The Hall–Kier alpha value is -1.51. The van der Waals surface area contributed by atoms with Gasteiger partial charge in [-0.2, -0.15) is 0 Å². The molecule has 1 aromatic carbocycles. The highest BCUT2D eigenvalue weighted by molar-refractivity contribution is 5.84. The average molecular weight is 198 g/mol. The molecule has 0 aliphatic rings. The second-order valence-corrected chi connectivity index (χ2v) is 3.63. The summed E-state index contributed by atoms with van der Waals surface area (Å²) in [6, 6.07) is -2.47. The molecule has 0 heterocycles. The van der Waals surface area contributed by atoms with Gasteiger partial charge in [0.15, 0.2) is 0 Å². The number of anilines is 1. The van der Waals surface area contributed by atoms with E-state index in [1.165, 1.54) is 0 Å². The van der Waals surface area contributed by atoms with Gasteiger partial charge in [0.2, 0.25) is 0 Å². The van der Waals surface area contributed by atoms with Gasteiger partial charge in [-0.1, -0.05) is 18.1 Å². The molecule has 0 aliphatic heterocycles. The fraction of sp³-hybridized carbons (Fsp3) is 0.364. The number of benzene rings is 1. The van der Waals surface area contributed by atoms with Gasteiger partial charge in [0, 0.05) is 5.69 Å². The van der Waals surface area contributed by atoms with Crippen LogP contribution < -0.4 is 5.32 Å². The Kier molecular flexibility index (Phi) is 1.59. The van der Waals surface area contributed by atoms with Crippen molar-refractivity contribution >= 4 is 11.8 Å². The van der Waals surface area contributed by atoms with Gasteiger partial charge < -0.3 is 4.74 Å². The van der Waals surface area contributed by atoms with Crippen LogP contribution in [0.2, 0.25) is 0 Å². The van der Waals surface area contributed by atoms with E-state index in [4.69, 9.17) is 11.6 Å². The first-order valence-corrected chi connectivity index (χ1v) is 4.11. The van der Waals surface area contributed by atoms with Gasteiger partial charge >= 0.3 is 6.09 Å². The molecule has 0 fully saturated rings. The second-order valence-electron chi connectivity index (χ2n) is 3.63. The molecule has 0 saturated heterocycles. The molecule has 0 spiro atoms. The van der Waals surface area contributed by atoms with E-state index in [1.807, 2.05) is 0 Å². The molecule has 0 saturated carbocycles. The maximum Gasteiger partial charge on any atom is 0.412 e. The molecule has 0 unspecified atom stereocenters. The summed E-state index contributed by atoms with van der Waals surface area (Å²) in [6.07, 6.45) is -0.869. The molecule has 0 radical (unpaired) electrons. The van der Waals surface area contributed by atoms with E-state index in [-0.39, 0.29) is 5.69 Å². The van der Waals surface area contributed by atoms with Crippen LogP contribution in [0.15, 0.2) is 30.2 Å². The predicted octanol–water partition coefficient (Wildman–Crippen LogP) is 3.03. The van der Waals surface area contributed by atoms with Crippen molar-refractivity contribution in [3.05, 3.63) is 30.2 Å². The number of hydrogen-bond acceptors (Lipinski definition) is 2. The largest absolute Gasteiger partial charge is 0.444 e. The van der Waals surface area contributed by atoms with Crippen LogP contribution in [0, 0.1) is 0 Å². The normalized spacial score (nSPS) is 15.8. The summed E-state index contributed by atoms with van der Waals surface area (Å²) in [7, 11) is 0. The molecule has 0 bridgehead atoms. The first kappa shape index (κ1) is 5.39. The molecule has 14 heavy (non-hydrogen) atoms. The molecule has 0 aliphatic carbocycles. The van der Waals surface area contributed by atoms with E-state index in [0.717, 1.165) is 0 Å². The van der Waals surface area contributed by atoms with Crippen molar-refractivity contribution in [2.45, 2.75) is 26.4 Å². The Balaban J connectivity index is 3.13. The first-order chi connectivity index (χ1) is 8.54. The number of carbonyl (C=O) groups is 1. The number of hydrogen-bond donors (Lipinski definition) is 1. The molecule has 3 heteroatoms. The van der Waals surface area contributed by atoms with Crippen molar-refractivity contribution in [1.82, 2.24) is 0 Å². The second kappa shape index (κ2) is 4.13. The van der Waals surface area contributed by atoms with Gasteiger partial charge in [0.1, 0.15) is 5.60 Å². The number of rotatable bonds is 1. The zero-order chi connectivity index (χ0) is 15.0. The third kappa shape index (κ3) is 3.94. The summed E-state index contributed by atoms with van der Waals surface area (Å²) in [4.78, 5) is 11.6. The lowest BCUT2D eigenvalue weighted by Gasteiger charge is -2.19. The van der Waals surface area contributed by atoms with Crippen molar-refractivity contribution in [3.8, 4) is 0 Å². The maximum absolute atomic E-state index is 11.6. The van der Waals surface area contributed by atoms with Crippen LogP contribution >= 0.6 is 0 Å². The molecular formula is C11H15NO2. The lowest BCUT2D eigenvalue weighted by molar-refractivity contribution is 0.0636. The van der Waals surface area contributed by atoms with Crippen molar-refractivity contribution < 1.29 is 16.4 Å². The number of carbonyl (C=O) groups excluding carboxylic acids is 1. The Labute approximate surface area is 91.1 Å². The molecule has 1 amide bonds. The summed E-state index contributed by atoms with van der Waals surface area (Å²) < 4.78 is 42.6. The zero-order valence-corrected chi connectivity index (χ0v) is 8.32. The van der Waals surface area contributed by atoms with Gasteiger partial charge in [-0.15, -0.1) is 0 Å². The fourth-order valence-corrected chi connectivity index (χ4v) is 0.718. The van der Waals surface area contributed by atoms with E-state index < -0.39 is 41.9 Å². The van der Waals surface area contributed by atoms with Gasteiger partial charge in [-0.05, 0) is 32.9 Å². The Morgan fingerprint density at radius 3 is 2.43 bits per heavy atom. The van der Waals surface area contributed by atoms with Crippen molar-refractivity contribution in [2.75, 3.05) is 5.32 Å². The van der Waals surface area contributed by atoms with Crippen LogP contribution in [-0.2, 0) is 4.74 Å². The Bertz CT molecular complexity index is 496. The topological polar surface area (TPSA) is 38.3 Å². The molecule has 3 nitrogen and oxygen atoms in total. The van der Waals surface area contributed by atoms with Crippen molar-refractivity contribution in [3.63, 3.8) is 0 Å². The highest BCUT2D eigenvalue weighted by atomic mass is 16.6. The number of para-hydroxylation sites is 1.